The first-order valence-corrected chi connectivity index (χ1v) is 14.1. The van der Waals surface area contributed by atoms with Crippen molar-refractivity contribution < 1.29 is 26.3 Å². The summed E-state index contributed by atoms with van der Waals surface area (Å²) in [6, 6.07) is 12.5. The lowest BCUT2D eigenvalue weighted by Gasteiger charge is -2.22. The molecule has 2 aromatic heterocycles. The van der Waals surface area contributed by atoms with E-state index in [1.165, 1.54) is 24.3 Å². The Labute approximate surface area is 221 Å². The molecular weight excluding hydrogens is 539 g/mol. The van der Waals surface area contributed by atoms with Crippen LogP contribution in [-0.2, 0) is 25.5 Å². The van der Waals surface area contributed by atoms with Crippen LogP contribution in [0, 0.1) is 0 Å². The first kappa shape index (κ1) is 28.0. The summed E-state index contributed by atoms with van der Waals surface area (Å²) in [5, 5.41) is 5.42. The number of fused-ring (bicyclic) bond motifs is 1. The highest BCUT2D eigenvalue weighted by Crippen LogP contribution is 2.38. The predicted octanol–water partition coefficient (Wildman–Crippen LogP) is 4.99. The largest absolute Gasteiger partial charge is 0.416 e. The van der Waals surface area contributed by atoms with Gasteiger partial charge in [-0.2, -0.15) is 13.2 Å². The highest BCUT2D eigenvalue weighted by Gasteiger charge is 2.40. The Hall–Kier alpha value is -3.06. The van der Waals surface area contributed by atoms with Crippen molar-refractivity contribution in [2.45, 2.75) is 29.7 Å². The number of benzene rings is 2. The number of hydrogen-bond donors (Lipinski definition) is 2. The molecule has 4 aromatic rings. The van der Waals surface area contributed by atoms with Crippen molar-refractivity contribution >= 4 is 32.1 Å². The van der Waals surface area contributed by atoms with Crippen LogP contribution in [0.15, 0.2) is 69.7 Å². The van der Waals surface area contributed by atoms with Gasteiger partial charge in [-0.3, -0.25) is 4.79 Å². The third-order valence-corrected chi connectivity index (χ3v) is 9.77. The number of ether oxygens (including phenoxy) is 1. The molecule has 0 radical (unpaired) electrons. The number of alkyl halides is 3. The molecule has 202 valence electrons. The molecule has 1 saturated heterocycles. The number of aromatic nitrogens is 2. The lowest BCUT2D eigenvalue weighted by molar-refractivity contribution is -0.137. The Morgan fingerprint density at radius 1 is 1.00 bits per heavy atom. The number of sulfone groups is 1. The van der Waals surface area contributed by atoms with Gasteiger partial charge in [-0.15, -0.1) is 11.3 Å². The van der Waals surface area contributed by atoms with Crippen molar-refractivity contribution in [3.63, 3.8) is 0 Å². The van der Waals surface area contributed by atoms with Gasteiger partial charge in [0, 0.05) is 24.0 Å². The Balaban J connectivity index is 0.000000494. The number of halogens is 3. The summed E-state index contributed by atoms with van der Waals surface area (Å²) in [5.41, 5.74) is -1.03. The van der Waals surface area contributed by atoms with Gasteiger partial charge in [0.2, 0.25) is 0 Å². The maximum Gasteiger partial charge on any atom is 0.416 e. The van der Waals surface area contributed by atoms with Crippen LogP contribution in [0.25, 0.3) is 22.2 Å². The molecule has 1 aliphatic heterocycles. The third-order valence-electron chi connectivity index (χ3n) is 6.04. The minimum absolute atomic E-state index is 0.0519. The summed E-state index contributed by atoms with van der Waals surface area (Å²) in [6.07, 6.45) is -4.52. The van der Waals surface area contributed by atoms with E-state index in [1.807, 2.05) is 0 Å². The van der Waals surface area contributed by atoms with Crippen LogP contribution in [0.3, 0.4) is 0 Å². The van der Waals surface area contributed by atoms with Crippen molar-refractivity contribution in [3.05, 3.63) is 80.9 Å². The van der Waals surface area contributed by atoms with E-state index in [-0.39, 0.29) is 21.7 Å². The topological polar surface area (TPSA) is 101 Å². The molecule has 0 bridgehead atoms. The number of thiazole rings is 1. The second-order valence-corrected chi connectivity index (χ2v) is 12.4. The van der Waals surface area contributed by atoms with Crippen molar-refractivity contribution in [1.82, 2.24) is 15.3 Å². The van der Waals surface area contributed by atoms with Crippen LogP contribution in [0.1, 0.15) is 24.4 Å². The van der Waals surface area contributed by atoms with E-state index in [1.54, 1.807) is 37.4 Å². The molecule has 0 amide bonds. The quantitative estimate of drug-likeness (QED) is 0.362. The molecule has 1 fully saturated rings. The van der Waals surface area contributed by atoms with E-state index in [4.69, 9.17) is 4.74 Å². The zero-order chi connectivity index (χ0) is 27.6. The van der Waals surface area contributed by atoms with Crippen LogP contribution in [-0.4, -0.2) is 44.7 Å². The van der Waals surface area contributed by atoms with Gasteiger partial charge in [0.1, 0.15) is 9.75 Å². The lowest BCUT2D eigenvalue weighted by Crippen LogP contribution is -2.30. The van der Waals surface area contributed by atoms with Gasteiger partial charge in [0.15, 0.2) is 9.84 Å². The Bertz CT molecular complexity index is 1570. The molecule has 3 heterocycles. The van der Waals surface area contributed by atoms with Gasteiger partial charge >= 0.3 is 6.18 Å². The van der Waals surface area contributed by atoms with Gasteiger partial charge in [0.05, 0.1) is 34.9 Å². The Morgan fingerprint density at radius 2 is 1.68 bits per heavy atom. The highest BCUT2D eigenvalue weighted by molar-refractivity contribution is 7.92. The van der Waals surface area contributed by atoms with Gasteiger partial charge in [-0.05, 0) is 49.6 Å². The predicted molar refractivity (Wildman–Crippen MR) is 141 cm³/mol. The number of nitrogens with zero attached hydrogens (tertiary/aromatic N) is 1. The van der Waals surface area contributed by atoms with Crippen LogP contribution < -0.4 is 10.9 Å². The van der Waals surface area contributed by atoms with Crippen LogP contribution >= 0.6 is 11.3 Å². The van der Waals surface area contributed by atoms with E-state index in [9.17, 15) is 26.4 Å². The van der Waals surface area contributed by atoms with Crippen LogP contribution in [0.5, 0.6) is 0 Å². The second kappa shape index (κ2) is 11.0. The summed E-state index contributed by atoms with van der Waals surface area (Å²) >= 11 is 1.10. The van der Waals surface area contributed by atoms with E-state index in [2.05, 4.69) is 15.3 Å². The van der Waals surface area contributed by atoms with Crippen molar-refractivity contribution in [3.8, 4) is 11.3 Å². The molecule has 0 saturated carbocycles. The minimum Gasteiger partial charge on any atom is -0.379 e. The number of hydrogen-bond acceptors (Lipinski definition) is 7. The van der Waals surface area contributed by atoms with Crippen molar-refractivity contribution in [2.24, 2.45) is 0 Å². The van der Waals surface area contributed by atoms with E-state index < -0.39 is 31.9 Å². The molecule has 38 heavy (non-hydrogen) atoms. The number of nitrogens with one attached hydrogen (secondary N) is 2. The molecule has 12 heteroatoms. The number of H-pyrrole nitrogens is 1. The van der Waals surface area contributed by atoms with Gasteiger partial charge in [-0.25, -0.2) is 13.4 Å². The summed E-state index contributed by atoms with van der Waals surface area (Å²) < 4.78 is 68.8. The number of aromatic amines is 1. The maximum atomic E-state index is 13.2. The number of pyridine rings is 1. The van der Waals surface area contributed by atoms with Gasteiger partial charge in [-0.1, -0.05) is 24.3 Å². The molecule has 5 rings (SSSR count). The lowest BCUT2D eigenvalue weighted by atomic mass is 10.1. The van der Waals surface area contributed by atoms with Crippen molar-refractivity contribution in [1.29, 1.82) is 0 Å². The fourth-order valence-electron chi connectivity index (χ4n) is 3.77. The SMILES string of the molecule is C1COCCN1.CC(C)(c1nc(-c2cc3ccc(C(F)(F)F)cc3[nH]c2=O)cs1)S(=O)(=O)c1ccccc1. The Kier molecular flexibility index (Phi) is 8.07. The third kappa shape index (κ3) is 5.83. The van der Waals surface area contributed by atoms with Crippen LogP contribution in [0.4, 0.5) is 13.2 Å². The van der Waals surface area contributed by atoms with Crippen LogP contribution in [0.2, 0.25) is 0 Å². The molecule has 1 aliphatic rings. The standard InChI is InChI=1S/C22H17F3N2O3S2.C4H9NO/c1-21(2,32(29,30)15-6-4-3-5-7-15)20-27-18(12-31-20)16-10-13-8-9-14(22(23,24)25)11-17(13)26-19(16)28;1-3-6-4-2-5-1/h3-12H,1-2H3,(H,26,28);5H,1-4H2. The summed E-state index contributed by atoms with van der Waals surface area (Å²) in [5.74, 6) is 0. The monoisotopic (exact) mass is 565 g/mol. The molecular formula is C26H26F3N3O4S2. The smallest absolute Gasteiger partial charge is 0.379 e. The van der Waals surface area contributed by atoms with Gasteiger partial charge in [0.25, 0.3) is 5.56 Å². The molecule has 2 N–H and O–H groups in total. The normalized spacial score (nSPS) is 14.7. The van der Waals surface area contributed by atoms with Crippen molar-refractivity contribution in [2.75, 3.05) is 26.3 Å². The fraction of sp³-hybridized carbons (Fsp3) is 0.308. The molecule has 0 unspecified atom stereocenters. The average Bonchev–Trinajstić information content (AvgIpc) is 3.40. The number of rotatable bonds is 4. The average molecular weight is 566 g/mol. The van der Waals surface area contributed by atoms with E-state index in [0.717, 1.165) is 49.8 Å². The molecule has 0 aliphatic carbocycles. The zero-order valence-electron chi connectivity index (χ0n) is 20.6. The Morgan fingerprint density at radius 3 is 2.26 bits per heavy atom. The fourth-order valence-corrected chi connectivity index (χ4v) is 6.46. The molecule has 0 spiro atoms. The zero-order valence-corrected chi connectivity index (χ0v) is 22.3. The summed E-state index contributed by atoms with van der Waals surface area (Å²) in [7, 11) is -3.77. The molecule has 0 atom stereocenters. The molecule has 2 aromatic carbocycles. The second-order valence-electron chi connectivity index (χ2n) is 9.04. The van der Waals surface area contributed by atoms with E-state index >= 15 is 0 Å². The minimum atomic E-state index is -4.52. The van der Waals surface area contributed by atoms with Gasteiger partial charge < -0.3 is 15.0 Å². The first-order valence-electron chi connectivity index (χ1n) is 11.7. The summed E-state index contributed by atoms with van der Waals surface area (Å²) in [4.78, 5) is 19.6. The van der Waals surface area contributed by atoms with E-state index in [0.29, 0.717) is 10.4 Å². The maximum absolute atomic E-state index is 13.2. The molecule has 7 nitrogen and oxygen atoms in total. The summed E-state index contributed by atoms with van der Waals surface area (Å²) in [6.45, 7) is 6.92. The number of morpholine rings is 1. The highest BCUT2D eigenvalue weighted by atomic mass is 32.2. The first-order chi connectivity index (χ1) is 17.9.